The molecule has 19 heavy (non-hydrogen) atoms. The van der Waals surface area contributed by atoms with Crippen molar-refractivity contribution < 1.29 is 9.90 Å². The van der Waals surface area contributed by atoms with Gasteiger partial charge in [-0.15, -0.1) is 6.58 Å². The maximum Gasteiger partial charge on any atom is 0.329 e. The topological polar surface area (TPSA) is 87.1 Å². The van der Waals surface area contributed by atoms with Gasteiger partial charge < -0.3 is 10.8 Å². The number of nitrogens with two attached hydrogens (primary N) is 1. The van der Waals surface area contributed by atoms with Crippen molar-refractivity contribution in [2.75, 3.05) is 6.54 Å². The molecular weight excluding hydrogens is 240 g/mol. The molecule has 98 valence electrons. The highest BCUT2D eigenvalue weighted by Crippen LogP contribution is 2.04. The second-order valence-corrected chi connectivity index (χ2v) is 3.32. The van der Waals surface area contributed by atoms with Crippen LogP contribution < -0.4 is 5.73 Å². The fraction of sp³-hybridized carbons (Fsp3) is 0.0667. The third-order valence-corrected chi connectivity index (χ3v) is 1.83. The quantitative estimate of drug-likeness (QED) is 0.374. The Balaban J connectivity index is 0.000000711. The highest BCUT2D eigenvalue weighted by atomic mass is 16.4. The van der Waals surface area contributed by atoms with Crippen LogP contribution in [0.3, 0.4) is 0 Å². The van der Waals surface area contributed by atoms with E-state index in [0.717, 1.165) is 11.6 Å². The minimum atomic E-state index is -1.12. The van der Waals surface area contributed by atoms with Gasteiger partial charge in [-0.3, -0.25) is 0 Å². The van der Waals surface area contributed by atoms with Crippen LogP contribution in [-0.2, 0) is 4.79 Å². The Morgan fingerprint density at radius 3 is 2.42 bits per heavy atom. The molecule has 1 rings (SSSR count). The molecule has 0 aliphatic carbocycles. The summed E-state index contributed by atoms with van der Waals surface area (Å²) in [5.74, 6) is -1.12. The molecule has 0 bridgehead atoms. The van der Waals surface area contributed by atoms with Crippen LogP contribution in [0.4, 0.5) is 0 Å². The lowest BCUT2D eigenvalue weighted by molar-refractivity contribution is -0.131. The van der Waals surface area contributed by atoms with Crippen LogP contribution in [0.1, 0.15) is 5.56 Å². The molecular formula is C15H16N2O2. The van der Waals surface area contributed by atoms with Gasteiger partial charge in [0.05, 0.1) is 11.6 Å². The Kier molecular flexibility index (Phi) is 9.05. The Labute approximate surface area is 112 Å². The molecule has 0 saturated carbocycles. The summed E-state index contributed by atoms with van der Waals surface area (Å²) in [6.45, 7) is 3.94. The molecule has 0 aromatic heterocycles. The van der Waals surface area contributed by atoms with E-state index in [2.05, 4.69) is 6.58 Å². The number of benzene rings is 1. The fourth-order valence-corrected chi connectivity index (χ4v) is 1.00. The van der Waals surface area contributed by atoms with Crippen LogP contribution in [0.5, 0.6) is 0 Å². The van der Waals surface area contributed by atoms with Crippen LogP contribution in [0.2, 0.25) is 0 Å². The van der Waals surface area contributed by atoms with E-state index in [1.807, 2.05) is 30.3 Å². The van der Waals surface area contributed by atoms with Crippen LogP contribution >= 0.6 is 0 Å². The summed E-state index contributed by atoms with van der Waals surface area (Å²) in [7, 11) is 0. The third kappa shape index (κ3) is 9.10. The number of nitrogens with zero attached hydrogens (tertiary/aromatic N) is 1. The van der Waals surface area contributed by atoms with E-state index in [-0.39, 0.29) is 5.57 Å². The van der Waals surface area contributed by atoms with Crippen molar-refractivity contribution >= 4 is 12.0 Å². The Bertz CT molecular complexity index is 497. The predicted molar refractivity (Wildman–Crippen MR) is 76.1 cm³/mol. The largest absolute Gasteiger partial charge is 0.478 e. The second-order valence-electron chi connectivity index (χ2n) is 3.32. The maximum atomic E-state index is 10.3. The smallest absolute Gasteiger partial charge is 0.329 e. The molecule has 0 saturated heterocycles. The first-order chi connectivity index (χ1) is 9.13. The van der Waals surface area contributed by atoms with Gasteiger partial charge in [-0.1, -0.05) is 42.5 Å². The second kappa shape index (κ2) is 10.5. The minimum absolute atomic E-state index is 0.117. The number of allylic oxidation sites excluding steroid dienone is 2. The number of hydrogen-bond acceptors (Lipinski definition) is 3. The number of hydrogen-bond donors (Lipinski definition) is 2. The van der Waals surface area contributed by atoms with Gasteiger partial charge in [0.15, 0.2) is 0 Å². The zero-order valence-electron chi connectivity index (χ0n) is 10.5. The van der Waals surface area contributed by atoms with Gasteiger partial charge in [0.1, 0.15) is 0 Å². The monoisotopic (exact) mass is 256 g/mol. The molecule has 0 aliphatic rings. The molecule has 0 fully saturated rings. The number of carbonyl (C=O) groups is 1. The van der Waals surface area contributed by atoms with Gasteiger partial charge in [0, 0.05) is 12.6 Å². The van der Waals surface area contributed by atoms with E-state index in [1.54, 1.807) is 18.2 Å². The summed E-state index contributed by atoms with van der Waals surface area (Å²) in [5.41, 5.74) is 5.95. The lowest BCUT2D eigenvalue weighted by Crippen LogP contribution is -1.90. The van der Waals surface area contributed by atoms with E-state index in [0.29, 0.717) is 6.54 Å². The third-order valence-electron chi connectivity index (χ3n) is 1.83. The van der Waals surface area contributed by atoms with Gasteiger partial charge in [0.25, 0.3) is 0 Å². The van der Waals surface area contributed by atoms with Crippen LogP contribution in [0.15, 0.2) is 60.7 Å². The molecule has 1 aromatic rings. The van der Waals surface area contributed by atoms with Gasteiger partial charge in [-0.2, -0.15) is 5.26 Å². The zero-order chi connectivity index (χ0) is 14.5. The van der Waals surface area contributed by atoms with Crippen molar-refractivity contribution in [3.63, 3.8) is 0 Å². The first-order valence-corrected chi connectivity index (χ1v) is 5.52. The predicted octanol–water partition coefficient (Wildman–Crippen LogP) is 2.37. The molecule has 1 aromatic carbocycles. The molecule has 0 heterocycles. The highest BCUT2D eigenvalue weighted by Gasteiger charge is 1.94. The summed E-state index contributed by atoms with van der Waals surface area (Å²) in [4.78, 5) is 10.3. The molecule has 3 N–H and O–H groups in total. The molecule has 0 radical (unpaired) electrons. The van der Waals surface area contributed by atoms with Gasteiger partial charge in [0.2, 0.25) is 0 Å². The van der Waals surface area contributed by atoms with Gasteiger partial charge >= 0.3 is 5.97 Å². The van der Waals surface area contributed by atoms with Crippen molar-refractivity contribution in [3.8, 4) is 6.07 Å². The Hall–Kier alpha value is -2.64. The average Bonchev–Trinajstić information content (AvgIpc) is 2.44. The molecule has 0 spiro atoms. The van der Waals surface area contributed by atoms with E-state index >= 15 is 0 Å². The van der Waals surface area contributed by atoms with E-state index in [4.69, 9.17) is 16.1 Å². The molecule has 4 nitrogen and oxygen atoms in total. The summed E-state index contributed by atoms with van der Waals surface area (Å²) in [6.07, 6.45) is 5.70. The standard InChI is InChI=1S/C12H9NO2.C3H7N/c13-9-11(8-12(14)15)7-6-10-4-2-1-3-5-10;1-2-3-4/h1-8H,(H,14,15);2H,1,3-4H2. The Morgan fingerprint density at radius 2 is 2.00 bits per heavy atom. The summed E-state index contributed by atoms with van der Waals surface area (Å²) in [6, 6.07) is 11.2. The highest BCUT2D eigenvalue weighted by molar-refractivity contribution is 5.82. The normalized spacial score (nSPS) is 10.2. The molecule has 0 aliphatic heterocycles. The van der Waals surface area contributed by atoms with Crippen molar-refractivity contribution in [3.05, 3.63) is 66.3 Å². The van der Waals surface area contributed by atoms with Crippen molar-refractivity contribution in [1.82, 2.24) is 0 Å². The molecule has 0 unspecified atom stereocenters. The number of nitriles is 1. The van der Waals surface area contributed by atoms with Gasteiger partial charge in [-0.25, -0.2) is 4.79 Å². The van der Waals surface area contributed by atoms with Crippen LogP contribution in [0, 0.1) is 11.3 Å². The average molecular weight is 256 g/mol. The van der Waals surface area contributed by atoms with E-state index in [9.17, 15) is 4.79 Å². The first-order valence-electron chi connectivity index (χ1n) is 5.52. The zero-order valence-corrected chi connectivity index (χ0v) is 10.5. The number of carboxylic acid groups (broad SMARTS) is 1. The number of rotatable bonds is 4. The van der Waals surface area contributed by atoms with E-state index < -0.39 is 5.97 Å². The number of aliphatic carboxylic acids is 1. The molecule has 4 heteroatoms. The van der Waals surface area contributed by atoms with Gasteiger partial charge in [-0.05, 0) is 11.6 Å². The minimum Gasteiger partial charge on any atom is -0.478 e. The lowest BCUT2D eigenvalue weighted by atomic mass is 10.1. The van der Waals surface area contributed by atoms with Crippen molar-refractivity contribution in [2.24, 2.45) is 5.73 Å². The lowest BCUT2D eigenvalue weighted by Gasteiger charge is -1.90. The first kappa shape index (κ1) is 16.4. The van der Waals surface area contributed by atoms with Crippen LogP contribution in [0.25, 0.3) is 6.08 Å². The summed E-state index contributed by atoms with van der Waals surface area (Å²) in [5, 5.41) is 17.1. The summed E-state index contributed by atoms with van der Waals surface area (Å²) < 4.78 is 0. The summed E-state index contributed by atoms with van der Waals surface area (Å²) >= 11 is 0. The number of carboxylic acids is 1. The Morgan fingerprint density at radius 1 is 1.42 bits per heavy atom. The van der Waals surface area contributed by atoms with Crippen molar-refractivity contribution in [2.45, 2.75) is 0 Å². The van der Waals surface area contributed by atoms with Crippen LogP contribution in [-0.4, -0.2) is 17.6 Å². The molecule has 0 atom stereocenters. The van der Waals surface area contributed by atoms with Crippen molar-refractivity contribution in [1.29, 1.82) is 5.26 Å². The fourth-order valence-electron chi connectivity index (χ4n) is 1.00. The molecule has 0 amide bonds. The maximum absolute atomic E-state index is 10.3. The van der Waals surface area contributed by atoms with E-state index in [1.165, 1.54) is 6.08 Å². The SMILES string of the molecule is C=CCN.N#CC(C=Cc1ccccc1)=CC(=O)O.